The van der Waals surface area contributed by atoms with Crippen LogP contribution in [0.25, 0.3) is 0 Å². The predicted octanol–water partition coefficient (Wildman–Crippen LogP) is 1.49. The monoisotopic (exact) mass is 566 g/mol. The highest BCUT2D eigenvalue weighted by molar-refractivity contribution is 5.95. The number of amides is 3. The number of amidine groups is 1. The smallest absolute Gasteiger partial charge is 0.243 e. The fraction of sp³-hybridized carbons (Fsp3) is 0.467. The number of benzene rings is 2. The second kappa shape index (κ2) is 13.6. The van der Waals surface area contributed by atoms with E-state index in [0.717, 1.165) is 24.0 Å². The van der Waals surface area contributed by atoms with Crippen LogP contribution in [0.3, 0.4) is 0 Å². The van der Waals surface area contributed by atoms with Crippen LogP contribution in [0, 0.1) is 17.1 Å². The highest BCUT2D eigenvalue weighted by Gasteiger charge is 2.39. The Morgan fingerprint density at radius 2 is 1.83 bits per heavy atom. The SMILES string of the molecule is C[C@H]1C(=O)N[C@H](Cc2ccc(C(=N)N)cc2)C(=O)NCCCc2ccc(F)cc2OCCN[C@@H](C2CC2)C(=O)N1C. The van der Waals surface area contributed by atoms with E-state index in [1.165, 1.54) is 17.0 Å². The molecule has 2 aromatic rings. The van der Waals surface area contributed by atoms with Crippen molar-refractivity contribution in [2.45, 2.75) is 57.2 Å². The number of carbonyl (C=O) groups is 3. The van der Waals surface area contributed by atoms with Gasteiger partial charge in [-0.1, -0.05) is 30.3 Å². The van der Waals surface area contributed by atoms with Gasteiger partial charge in [0.25, 0.3) is 0 Å². The van der Waals surface area contributed by atoms with E-state index < -0.39 is 29.8 Å². The number of likely N-dealkylation sites (N-methyl/N-ethyl adjacent to an activating group) is 1. The first-order chi connectivity index (χ1) is 19.6. The number of nitrogens with one attached hydrogen (secondary N) is 4. The molecule has 3 amide bonds. The number of aryl methyl sites for hydroxylation is 1. The largest absolute Gasteiger partial charge is 0.492 e. The first kappa shape index (κ1) is 30.0. The number of hydrogen-bond acceptors (Lipinski definition) is 6. The van der Waals surface area contributed by atoms with Crippen LogP contribution in [0.15, 0.2) is 42.5 Å². The average molecular weight is 567 g/mol. The number of hydrogen-bond donors (Lipinski definition) is 5. The molecule has 0 unspecified atom stereocenters. The molecule has 1 fully saturated rings. The lowest BCUT2D eigenvalue weighted by atomic mass is 10.0. The van der Waals surface area contributed by atoms with E-state index in [0.29, 0.717) is 37.2 Å². The number of halogens is 1. The first-order valence-corrected chi connectivity index (χ1v) is 14.1. The summed E-state index contributed by atoms with van der Waals surface area (Å²) in [6, 6.07) is 9.17. The maximum atomic E-state index is 14.0. The Morgan fingerprint density at radius 1 is 1.10 bits per heavy atom. The Bertz CT molecular complexity index is 1270. The molecule has 220 valence electrons. The van der Waals surface area contributed by atoms with Crippen molar-refractivity contribution < 1.29 is 23.5 Å². The van der Waals surface area contributed by atoms with Crippen molar-refractivity contribution in [2.75, 3.05) is 26.7 Å². The molecule has 1 aliphatic heterocycles. The van der Waals surface area contributed by atoms with E-state index in [1.54, 1.807) is 44.3 Å². The molecule has 41 heavy (non-hydrogen) atoms. The molecule has 6 N–H and O–H groups in total. The summed E-state index contributed by atoms with van der Waals surface area (Å²) in [4.78, 5) is 41.4. The van der Waals surface area contributed by atoms with Crippen LogP contribution in [-0.4, -0.2) is 73.3 Å². The molecule has 0 saturated heterocycles. The Morgan fingerprint density at radius 3 is 2.51 bits per heavy atom. The van der Waals surface area contributed by atoms with Crippen LogP contribution in [0.1, 0.15) is 42.9 Å². The molecular weight excluding hydrogens is 527 g/mol. The second-order valence-electron chi connectivity index (χ2n) is 10.8. The molecule has 10 nitrogen and oxygen atoms in total. The molecular formula is C30H39FN6O4. The summed E-state index contributed by atoms with van der Waals surface area (Å²) in [6.45, 7) is 2.61. The van der Waals surface area contributed by atoms with Gasteiger partial charge < -0.3 is 31.3 Å². The van der Waals surface area contributed by atoms with Crippen molar-refractivity contribution in [1.82, 2.24) is 20.9 Å². The van der Waals surface area contributed by atoms with Crippen LogP contribution in [-0.2, 0) is 27.2 Å². The minimum absolute atomic E-state index is 0.0611. The van der Waals surface area contributed by atoms with Gasteiger partial charge in [-0.15, -0.1) is 0 Å². The van der Waals surface area contributed by atoms with Crippen molar-refractivity contribution in [3.8, 4) is 5.75 Å². The quantitative estimate of drug-likeness (QED) is 0.280. The average Bonchev–Trinajstić information content (AvgIpc) is 3.79. The lowest BCUT2D eigenvalue weighted by Gasteiger charge is -2.30. The van der Waals surface area contributed by atoms with Crippen LogP contribution < -0.4 is 26.4 Å². The van der Waals surface area contributed by atoms with Gasteiger partial charge in [0.2, 0.25) is 17.7 Å². The summed E-state index contributed by atoms with van der Waals surface area (Å²) in [5.74, 6) is -0.840. The normalized spacial score (nSPS) is 23.3. The zero-order valence-corrected chi connectivity index (χ0v) is 23.5. The standard InChI is InChI=1S/C30H39FN6O4/c1-18-28(38)36-24(16-19-5-7-22(8-6-19)27(32)33)29(39)35-13-3-4-20-11-12-23(31)17-25(20)41-15-14-34-26(21-9-10-21)30(40)37(18)2/h5-8,11-12,17-18,21,24,26,34H,3-4,9-10,13-16H2,1-2H3,(H3,32,33)(H,35,39)(H,36,38)/t18-,24+,26-/m0/s1. The molecule has 0 radical (unpaired) electrons. The maximum Gasteiger partial charge on any atom is 0.243 e. The topological polar surface area (TPSA) is 150 Å². The van der Waals surface area contributed by atoms with Crippen molar-refractivity contribution >= 4 is 23.6 Å². The van der Waals surface area contributed by atoms with Crippen molar-refractivity contribution in [2.24, 2.45) is 11.7 Å². The maximum absolute atomic E-state index is 14.0. The third-order valence-electron chi connectivity index (χ3n) is 7.68. The molecule has 3 atom stereocenters. The molecule has 1 heterocycles. The number of ether oxygens (including phenoxy) is 1. The minimum Gasteiger partial charge on any atom is -0.492 e. The molecule has 1 saturated carbocycles. The number of fused-ring (bicyclic) bond motifs is 1. The first-order valence-electron chi connectivity index (χ1n) is 14.1. The van der Waals surface area contributed by atoms with Gasteiger partial charge in [0.1, 0.15) is 36.1 Å². The molecule has 1 aliphatic carbocycles. The van der Waals surface area contributed by atoms with Gasteiger partial charge in [0, 0.05) is 38.2 Å². The molecule has 0 aromatic heterocycles. The summed E-state index contributed by atoms with van der Waals surface area (Å²) in [6.07, 6.45) is 3.17. The van der Waals surface area contributed by atoms with Gasteiger partial charge >= 0.3 is 0 Å². The van der Waals surface area contributed by atoms with Crippen molar-refractivity contribution in [1.29, 1.82) is 5.41 Å². The number of nitrogens with two attached hydrogens (primary N) is 1. The number of nitrogens with zero attached hydrogens (tertiary/aromatic N) is 1. The number of rotatable bonds is 4. The summed E-state index contributed by atoms with van der Waals surface area (Å²) < 4.78 is 19.9. The summed E-state index contributed by atoms with van der Waals surface area (Å²) in [5.41, 5.74) is 7.71. The van der Waals surface area contributed by atoms with E-state index >= 15 is 0 Å². The van der Waals surface area contributed by atoms with Crippen molar-refractivity contribution in [3.05, 3.63) is 65.0 Å². The Kier molecular flexibility index (Phi) is 9.93. The van der Waals surface area contributed by atoms with Crippen LogP contribution in [0.4, 0.5) is 4.39 Å². The third kappa shape index (κ3) is 8.03. The zero-order valence-electron chi connectivity index (χ0n) is 23.5. The highest BCUT2D eigenvalue weighted by Crippen LogP contribution is 2.33. The molecule has 11 heteroatoms. The van der Waals surface area contributed by atoms with Gasteiger partial charge in [-0.25, -0.2) is 4.39 Å². The second-order valence-corrected chi connectivity index (χ2v) is 10.8. The van der Waals surface area contributed by atoms with Crippen LogP contribution in [0.2, 0.25) is 0 Å². The fourth-order valence-electron chi connectivity index (χ4n) is 4.89. The highest BCUT2D eigenvalue weighted by atomic mass is 19.1. The summed E-state index contributed by atoms with van der Waals surface area (Å²) in [5, 5.41) is 16.6. The molecule has 4 rings (SSSR count). The van der Waals surface area contributed by atoms with Gasteiger partial charge in [0.15, 0.2) is 0 Å². The summed E-state index contributed by atoms with van der Waals surface area (Å²) >= 11 is 0. The van der Waals surface area contributed by atoms with E-state index in [-0.39, 0.29) is 36.6 Å². The number of carbonyl (C=O) groups excluding carboxylic acids is 3. The Balaban J connectivity index is 1.55. The molecule has 2 aliphatic rings. The zero-order chi connectivity index (χ0) is 29.5. The number of nitrogen functional groups attached to an aromatic ring is 1. The van der Waals surface area contributed by atoms with E-state index in [2.05, 4.69) is 16.0 Å². The van der Waals surface area contributed by atoms with E-state index in [1.807, 2.05) is 0 Å². The fourth-order valence-corrected chi connectivity index (χ4v) is 4.89. The molecule has 0 bridgehead atoms. The van der Waals surface area contributed by atoms with Crippen molar-refractivity contribution in [3.63, 3.8) is 0 Å². The van der Waals surface area contributed by atoms with Gasteiger partial charge in [0.05, 0.1) is 6.04 Å². The third-order valence-corrected chi connectivity index (χ3v) is 7.68. The molecule has 2 aromatic carbocycles. The van der Waals surface area contributed by atoms with Gasteiger partial charge in [-0.05, 0) is 55.7 Å². The van der Waals surface area contributed by atoms with Crippen LogP contribution in [0.5, 0.6) is 5.75 Å². The minimum atomic E-state index is -0.891. The lowest BCUT2D eigenvalue weighted by molar-refractivity contribution is -0.141. The Labute approximate surface area is 239 Å². The Hall–Kier alpha value is -3.99. The van der Waals surface area contributed by atoms with Gasteiger partial charge in [-0.2, -0.15) is 0 Å². The molecule has 0 spiro atoms. The van der Waals surface area contributed by atoms with Crippen LogP contribution >= 0.6 is 0 Å². The lowest BCUT2D eigenvalue weighted by Crippen LogP contribution is -2.56. The van der Waals surface area contributed by atoms with E-state index in [4.69, 9.17) is 15.9 Å². The van der Waals surface area contributed by atoms with Gasteiger partial charge in [-0.3, -0.25) is 19.8 Å². The summed E-state index contributed by atoms with van der Waals surface area (Å²) in [7, 11) is 1.59. The predicted molar refractivity (Wildman–Crippen MR) is 153 cm³/mol. The van der Waals surface area contributed by atoms with E-state index in [9.17, 15) is 18.8 Å².